The monoisotopic (exact) mass is 334 g/mol. The van der Waals surface area contributed by atoms with Gasteiger partial charge in [0.25, 0.3) is 0 Å². The normalized spacial score (nSPS) is 18.8. The third-order valence-corrected chi connectivity index (χ3v) is 5.10. The number of benzene rings is 1. The second-order valence-electron chi connectivity index (χ2n) is 5.05. The lowest BCUT2D eigenvalue weighted by molar-refractivity contribution is 0.358. The number of ether oxygens (including phenoxy) is 1. The molecule has 1 fully saturated rings. The van der Waals surface area contributed by atoms with E-state index >= 15 is 0 Å². The molecule has 1 saturated heterocycles. The number of rotatable bonds is 6. The van der Waals surface area contributed by atoms with Crippen molar-refractivity contribution in [1.82, 2.24) is 10.0 Å². The van der Waals surface area contributed by atoms with Crippen LogP contribution in [0.1, 0.15) is 19.3 Å². The summed E-state index contributed by atoms with van der Waals surface area (Å²) < 4.78 is 32.3. The first-order valence-corrected chi connectivity index (χ1v) is 8.45. The van der Waals surface area contributed by atoms with E-state index in [1.807, 2.05) is 0 Å². The molecule has 0 radical (unpaired) electrons. The van der Waals surface area contributed by atoms with Crippen molar-refractivity contribution in [2.45, 2.75) is 24.2 Å². The van der Waals surface area contributed by atoms with E-state index in [-0.39, 0.29) is 17.3 Å². The molecule has 1 aliphatic rings. The van der Waals surface area contributed by atoms with Crippen LogP contribution >= 0.6 is 12.4 Å². The molecule has 7 heteroatoms. The van der Waals surface area contributed by atoms with Gasteiger partial charge in [0.2, 0.25) is 10.0 Å². The Morgan fingerprint density at radius 2 is 2.14 bits per heavy atom. The Bertz CT molecular complexity index is 531. The maximum absolute atomic E-state index is 12.2. The molecule has 2 N–H and O–H groups in total. The number of sulfonamides is 1. The van der Waals surface area contributed by atoms with Crippen LogP contribution in [0.5, 0.6) is 5.75 Å². The highest BCUT2D eigenvalue weighted by molar-refractivity contribution is 7.89. The summed E-state index contributed by atoms with van der Waals surface area (Å²) in [6.45, 7) is 2.52. The van der Waals surface area contributed by atoms with Gasteiger partial charge in [0.05, 0.1) is 7.11 Å². The Kier molecular flexibility index (Phi) is 7.45. The molecular formula is C14H23ClN2O3S. The fourth-order valence-corrected chi connectivity index (χ4v) is 3.70. The highest BCUT2D eigenvalue weighted by atomic mass is 35.5. The summed E-state index contributed by atoms with van der Waals surface area (Å²) >= 11 is 0. The molecule has 1 atom stereocenters. The Morgan fingerprint density at radius 1 is 1.38 bits per heavy atom. The standard InChI is InChI=1S/C14H22N2O3S.ClH/c1-19-13-6-2-3-7-14(13)20(17,18)16-10-8-12-5-4-9-15-11-12;/h2-3,6-7,12,15-16H,4-5,8-11H2,1H3;1H. The SMILES string of the molecule is COc1ccccc1S(=O)(=O)NCCC1CCCNC1.Cl. The van der Waals surface area contributed by atoms with Crippen molar-refractivity contribution in [2.24, 2.45) is 5.92 Å². The van der Waals surface area contributed by atoms with E-state index < -0.39 is 10.0 Å². The maximum atomic E-state index is 12.2. The topological polar surface area (TPSA) is 67.4 Å². The summed E-state index contributed by atoms with van der Waals surface area (Å²) in [7, 11) is -2.03. The van der Waals surface area contributed by atoms with E-state index in [2.05, 4.69) is 10.0 Å². The summed E-state index contributed by atoms with van der Waals surface area (Å²) in [5.41, 5.74) is 0. The molecule has 1 aromatic rings. The zero-order chi connectivity index (χ0) is 14.4. The van der Waals surface area contributed by atoms with Gasteiger partial charge in [0.1, 0.15) is 10.6 Å². The largest absolute Gasteiger partial charge is 0.495 e. The van der Waals surface area contributed by atoms with Gasteiger partial charge in [-0.25, -0.2) is 13.1 Å². The van der Waals surface area contributed by atoms with Gasteiger partial charge in [0.15, 0.2) is 0 Å². The van der Waals surface area contributed by atoms with Gasteiger partial charge in [-0.2, -0.15) is 0 Å². The van der Waals surface area contributed by atoms with Crippen LogP contribution < -0.4 is 14.8 Å². The molecule has 1 heterocycles. The van der Waals surface area contributed by atoms with Gasteiger partial charge in [-0.15, -0.1) is 12.4 Å². The number of hydrogen-bond acceptors (Lipinski definition) is 4. The first-order valence-electron chi connectivity index (χ1n) is 6.97. The van der Waals surface area contributed by atoms with Gasteiger partial charge in [-0.1, -0.05) is 12.1 Å². The number of hydrogen-bond donors (Lipinski definition) is 2. The summed E-state index contributed by atoms with van der Waals surface area (Å²) in [5, 5.41) is 3.34. The third-order valence-electron chi connectivity index (χ3n) is 3.60. The van der Waals surface area contributed by atoms with Gasteiger partial charge in [0, 0.05) is 6.54 Å². The van der Waals surface area contributed by atoms with E-state index in [0.717, 1.165) is 19.5 Å². The second-order valence-corrected chi connectivity index (χ2v) is 6.79. The van der Waals surface area contributed by atoms with Crippen LogP contribution in [0.2, 0.25) is 0 Å². The van der Waals surface area contributed by atoms with Crippen molar-refractivity contribution in [2.75, 3.05) is 26.7 Å². The lowest BCUT2D eigenvalue weighted by Gasteiger charge is -2.22. The molecule has 21 heavy (non-hydrogen) atoms. The minimum atomic E-state index is -3.50. The molecule has 1 unspecified atom stereocenters. The van der Waals surface area contributed by atoms with Crippen LogP contribution in [0.4, 0.5) is 0 Å². The van der Waals surface area contributed by atoms with Crippen molar-refractivity contribution >= 4 is 22.4 Å². The average molecular weight is 335 g/mol. The molecule has 0 aliphatic carbocycles. The first-order chi connectivity index (χ1) is 9.63. The summed E-state index contributed by atoms with van der Waals surface area (Å²) in [5.74, 6) is 0.934. The van der Waals surface area contributed by atoms with Crippen LogP contribution in [-0.2, 0) is 10.0 Å². The number of para-hydroxylation sites is 1. The fraction of sp³-hybridized carbons (Fsp3) is 0.571. The van der Waals surface area contributed by atoms with Crippen LogP contribution in [0, 0.1) is 5.92 Å². The molecule has 120 valence electrons. The molecule has 0 aromatic heterocycles. The summed E-state index contributed by atoms with van der Waals surface area (Å²) in [6, 6.07) is 6.66. The Balaban J connectivity index is 0.00000220. The molecule has 1 aromatic carbocycles. The minimum absolute atomic E-state index is 0. The number of halogens is 1. The molecule has 2 rings (SSSR count). The van der Waals surface area contributed by atoms with Crippen LogP contribution in [0.3, 0.4) is 0 Å². The molecule has 0 spiro atoms. The summed E-state index contributed by atoms with van der Waals surface area (Å²) in [4.78, 5) is 0.198. The molecule has 1 aliphatic heterocycles. The highest BCUT2D eigenvalue weighted by Gasteiger charge is 2.19. The van der Waals surface area contributed by atoms with Crippen LogP contribution in [0.25, 0.3) is 0 Å². The van der Waals surface area contributed by atoms with Gasteiger partial charge >= 0.3 is 0 Å². The van der Waals surface area contributed by atoms with Crippen molar-refractivity contribution in [1.29, 1.82) is 0 Å². The van der Waals surface area contributed by atoms with Crippen LogP contribution in [-0.4, -0.2) is 35.2 Å². The zero-order valence-electron chi connectivity index (χ0n) is 12.2. The predicted octanol–water partition coefficient (Wildman–Crippen LogP) is 1.78. The summed E-state index contributed by atoms with van der Waals surface area (Å²) in [6.07, 6.45) is 3.20. The van der Waals surface area contributed by atoms with Gasteiger partial charge < -0.3 is 10.1 Å². The lowest BCUT2D eigenvalue weighted by atomic mass is 9.96. The molecule has 0 saturated carbocycles. The quantitative estimate of drug-likeness (QED) is 0.832. The second kappa shape index (κ2) is 8.58. The van der Waals surface area contributed by atoms with Crippen molar-refractivity contribution in [3.8, 4) is 5.75 Å². The lowest BCUT2D eigenvalue weighted by Crippen LogP contribution is -2.33. The Hall–Kier alpha value is -0.820. The van der Waals surface area contributed by atoms with E-state index in [0.29, 0.717) is 18.2 Å². The fourth-order valence-electron chi connectivity index (χ4n) is 2.49. The van der Waals surface area contributed by atoms with E-state index in [4.69, 9.17) is 4.74 Å². The van der Waals surface area contributed by atoms with E-state index in [1.165, 1.54) is 20.0 Å². The molecule has 0 amide bonds. The predicted molar refractivity (Wildman–Crippen MR) is 85.6 cm³/mol. The number of nitrogens with one attached hydrogen (secondary N) is 2. The Labute approximate surface area is 132 Å². The maximum Gasteiger partial charge on any atom is 0.244 e. The van der Waals surface area contributed by atoms with Crippen molar-refractivity contribution in [3.05, 3.63) is 24.3 Å². The van der Waals surface area contributed by atoms with Gasteiger partial charge in [-0.3, -0.25) is 0 Å². The third kappa shape index (κ3) is 5.14. The van der Waals surface area contributed by atoms with E-state index in [9.17, 15) is 8.42 Å². The van der Waals surface area contributed by atoms with E-state index in [1.54, 1.807) is 24.3 Å². The molecule has 0 bridgehead atoms. The first kappa shape index (κ1) is 18.2. The van der Waals surface area contributed by atoms with Crippen molar-refractivity contribution in [3.63, 3.8) is 0 Å². The molecule has 5 nitrogen and oxygen atoms in total. The molecular weight excluding hydrogens is 312 g/mol. The average Bonchev–Trinajstić information content (AvgIpc) is 2.48. The smallest absolute Gasteiger partial charge is 0.244 e. The minimum Gasteiger partial charge on any atom is -0.495 e. The zero-order valence-corrected chi connectivity index (χ0v) is 13.8. The van der Waals surface area contributed by atoms with Gasteiger partial charge in [-0.05, 0) is 50.4 Å². The Morgan fingerprint density at radius 3 is 2.81 bits per heavy atom. The number of methoxy groups -OCH3 is 1. The highest BCUT2D eigenvalue weighted by Crippen LogP contribution is 2.22. The van der Waals surface area contributed by atoms with Crippen LogP contribution in [0.15, 0.2) is 29.2 Å². The van der Waals surface area contributed by atoms with Crippen molar-refractivity contribution < 1.29 is 13.2 Å². The number of piperidine rings is 1.